The summed E-state index contributed by atoms with van der Waals surface area (Å²) in [6.45, 7) is 1.50. The van der Waals surface area contributed by atoms with Gasteiger partial charge in [0.25, 0.3) is 0 Å². The molecule has 0 unspecified atom stereocenters. The van der Waals surface area contributed by atoms with Crippen molar-refractivity contribution in [2.24, 2.45) is 5.92 Å². The van der Waals surface area contributed by atoms with E-state index in [0.29, 0.717) is 11.7 Å². The number of carbonyl (C=O) groups is 1. The second-order valence-corrected chi connectivity index (χ2v) is 8.77. The predicted octanol–water partition coefficient (Wildman–Crippen LogP) is 4.07. The highest BCUT2D eigenvalue weighted by atomic mass is 32.2. The molecular weight excluding hydrogens is 378 g/mol. The summed E-state index contributed by atoms with van der Waals surface area (Å²) in [7, 11) is 0. The van der Waals surface area contributed by atoms with Crippen molar-refractivity contribution in [2.75, 3.05) is 19.0 Å². The fourth-order valence-electron chi connectivity index (χ4n) is 3.34. The van der Waals surface area contributed by atoms with E-state index in [4.69, 9.17) is 4.74 Å². The Morgan fingerprint density at radius 3 is 2.89 bits per heavy atom. The molecular formula is C20H21N3O2S2. The Kier molecular flexibility index (Phi) is 6.01. The molecule has 3 aromatic rings. The number of para-hydroxylation sites is 1. The first kappa shape index (κ1) is 18.4. The van der Waals surface area contributed by atoms with E-state index in [1.807, 2.05) is 36.5 Å². The van der Waals surface area contributed by atoms with E-state index in [1.165, 1.54) is 11.8 Å². The number of carbonyl (C=O) groups excluding carboxylic acids is 1. The summed E-state index contributed by atoms with van der Waals surface area (Å²) in [4.78, 5) is 21.5. The van der Waals surface area contributed by atoms with Gasteiger partial charge in [0.05, 0.1) is 22.0 Å². The molecule has 1 N–H and O–H groups in total. The van der Waals surface area contributed by atoms with Gasteiger partial charge in [-0.1, -0.05) is 30.0 Å². The fourth-order valence-corrected chi connectivity index (χ4v) is 5.22. The molecule has 7 heteroatoms. The summed E-state index contributed by atoms with van der Waals surface area (Å²) in [6.07, 6.45) is 5.51. The van der Waals surface area contributed by atoms with Gasteiger partial charge in [-0.05, 0) is 42.5 Å². The first-order valence-corrected chi connectivity index (χ1v) is 10.9. The number of pyridine rings is 1. The summed E-state index contributed by atoms with van der Waals surface area (Å²) in [5.41, 5.74) is 2.04. The van der Waals surface area contributed by atoms with Crippen LogP contribution in [0.5, 0.6) is 0 Å². The average molecular weight is 400 g/mol. The number of amides is 1. The maximum atomic E-state index is 12.7. The molecule has 1 atom stereocenters. The second-order valence-electron chi connectivity index (χ2n) is 6.52. The number of fused-ring (bicyclic) bond motifs is 1. The van der Waals surface area contributed by atoms with Gasteiger partial charge in [0.15, 0.2) is 4.34 Å². The number of benzene rings is 1. The first-order chi connectivity index (χ1) is 13.3. The number of rotatable bonds is 6. The maximum absolute atomic E-state index is 12.7. The van der Waals surface area contributed by atoms with Crippen LogP contribution < -0.4 is 5.32 Å². The van der Waals surface area contributed by atoms with Crippen molar-refractivity contribution in [2.45, 2.75) is 23.2 Å². The van der Waals surface area contributed by atoms with E-state index in [1.54, 1.807) is 17.5 Å². The Bertz CT molecular complexity index is 861. The summed E-state index contributed by atoms with van der Waals surface area (Å²) in [5.74, 6) is 0.763. The normalized spacial score (nSPS) is 16.3. The van der Waals surface area contributed by atoms with Crippen LogP contribution in [0.2, 0.25) is 0 Å². The van der Waals surface area contributed by atoms with Crippen molar-refractivity contribution >= 4 is 39.2 Å². The molecule has 0 radical (unpaired) electrons. The molecule has 1 saturated heterocycles. The smallest absolute Gasteiger partial charge is 0.230 e. The zero-order valence-corrected chi connectivity index (χ0v) is 16.5. The van der Waals surface area contributed by atoms with Crippen LogP contribution in [0.3, 0.4) is 0 Å². The van der Waals surface area contributed by atoms with Crippen molar-refractivity contribution in [1.82, 2.24) is 15.3 Å². The zero-order valence-electron chi connectivity index (χ0n) is 14.8. The third-order valence-electron chi connectivity index (χ3n) is 4.70. The van der Waals surface area contributed by atoms with Crippen LogP contribution in [-0.4, -0.2) is 34.8 Å². The van der Waals surface area contributed by atoms with Crippen LogP contribution in [0.15, 0.2) is 53.1 Å². The minimum atomic E-state index is -0.0222. The molecule has 1 aromatic carbocycles. The van der Waals surface area contributed by atoms with E-state index in [2.05, 4.69) is 21.4 Å². The Morgan fingerprint density at radius 2 is 2.11 bits per heavy atom. The van der Waals surface area contributed by atoms with E-state index in [9.17, 15) is 4.79 Å². The first-order valence-electron chi connectivity index (χ1n) is 9.05. The number of hydrogen-bond acceptors (Lipinski definition) is 6. The monoisotopic (exact) mass is 399 g/mol. The van der Waals surface area contributed by atoms with Gasteiger partial charge in [-0.3, -0.25) is 9.78 Å². The highest BCUT2D eigenvalue weighted by Crippen LogP contribution is 2.31. The summed E-state index contributed by atoms with van der Waals surface area (Å²) in [5, 5.41) is 3.23. The molecule has 1 aliphatic heterocycles. The quantitative estimate of drug-likeness (QED) is 0.633. The lowest BCUT2D eigenvalue weighted by molar-refractivity contribution is -0.120. The van der Waals surface area contributed by atoms with Crippen LogP contribution in [-0.2, 0) is 9.53 Å². The summed E-state index contributed by atoms with van der Waals surface area (Å²) in [6, 6.07) is 12.0. The maximum Gasteiger partial charge on any atom is 0.230 e. The van der Waals surface area contributed by atoms with Gasteiger partial charge in [0.2, 0.25) is 5.91 Å². The molecule has 0 spiro atoms. The van der Waals surface area contributed by atoms with E-state index in [-0.39, 0.29) is 11.9 Å². The molecule has 27 heavy (non-hydrogen) atoms. The van der Waals surface area contributed by atoms with Crippen molar-refractivity contribution in [3.05, 3.63) is 54.4 Å². The third kappa shape index (κ3) is 4.66. The number of nitrogens with zero attached hydrogens (tertiary/aromatic N) is 2. The second kappa shape index (κ2) is 8.82. The van der Waals surface area contributed by atoms with Crippen LogP contribution in [0.4, 0.5) is 0 Å². The average Bonchev–Trinajstić information content (AvgIpc) is 3.15. The highest BCUT2D eigenvalue weighted by molar-refractivity contribution is 8.01. The number of ether oxygens (including phenoxy) is 1. The summed E-state index contributed by atoms with van der Waals surface area (Å²) >= 11 is 3.12. The van der Waals surface area contributed by atoms with E-state index >= 15 is 0 Å². The fraction of sp³-hybridized carbons (Fsp3) is 0.350. The van der Waals surface area contributed by atoms with Crippen LogP contribution in [0.1, 0.15) is 24.4 Å². The van der Waals surface area contributed by atoms with E-state index < -0.39 is 0 Å². The lowest BCUT2D eigenvalue weighted by Gasteiger charge is -2.31. The topological polar surface area (TPSA) is 64.1 Å². The van der Waals surface area contributed by atoms with Gasteiger partial charge in [0, 0.05) is 25.6 Å². The molecule has 2 aromatic heterocycles. The van der Waals surface area contributed by atoms with Crippen molar-refractivity contribution in [3.8, 4) is 0 Å². The standard InChI is InChI=1S/C20H21N3O2S2/c24-18(13-26-20-22-16-5-1-2-6-17(16)27-20)23-19(14-7-10-25-11-8-14)15-4-3-9-21-12-15/h1-6,9,12,14,19H,7-8,10-11,13H2,(H,23,24)/t19-/m0/s1. The molecule has 0 bridgehead atoms. The SMILES string of the molecule is O=C(CSc1nc2ccccc2s1)N[C@H](c1cccnc1)C1CCOCC1. The molecule has 1 amide bonds. The van der Waals surface area contributed by atoms with E-state index in [0.717, 1.165) is 46.2 Å². The van der Waals surface area contributed by atoms with Crippen molar-refractivity contribution in [3.63, 3.8) is 0 Å². The molecule has 1 fully saturated rings. The van der Waals surface area contributed by atoms with Crippen molar-refractivity contribution < 1.29 is 9.53 Å². The molecule has 140 valence electrons. The predicted molar refractivity (Wildman–Crippen MR) is 109 cm³/mol. The zero-order chi connectivity index (χ0) is 18.5. The minimum absolute atomic E-state index is 0.0222. The Labute approximate surface area is 166 Å². The Morgan fingerprint density at radius 1 is 1.26 bits per heavy atom. The van der Waals surface area contributed by atoms with Crippen molar-refractivity contribution in [1.29, 1.82) is 0 Å². The van der Waals surface area contributed by atoms with Gasteiger partial charge >= 0.3 is 0 Å². The third-order valence-corrected chi connectivity index (χ3v) is 6.88. The van der Waals surface area contributed by atoms with Gasteiger partial charge in [-0.15, -0.1) is 11.3 Å². The number of hydrogen-bond donors (Lipinski definition) is 1. The number of nitrogens with one attached hydrogen (secondary N) is 1. The number of aromatic nitrogens is 2. The summed E-state index contributed by atoms with van der Waals surface area (Å²) < 4.78 is 7.56. The molecule has 0 aliphatic carbocycles. The van der Waals surface area contributed by atoms with Crippen LogP contribution in [0.25, 0.3) is 10.2 Å². The molecule has 3 heterocycles. The highest BCUT2D eigenvalue weighted by Gasteiger charge is 2.27. The van der Waals surface area contributed by atoms with Gasteiger partial charge < -0.3 is 10.1 Å². The molecule has 4 rings (SSSR count). The molecule has 0 saturated carbocycles. The lowest BCUT2D eigenvalue weighted by atomic mass is 9.87. The minimum Gasteiger partial charge on any atom is -0.381 e. The molecule has 1 aliphatic rings. The lowest BCUT2D eigenvalue weighted by Crippen LogP contribution is -2.37. The molecule has 5 nitrogen and oxygen atoms in total. The Hall–Kier alpha value is -1.96. The largest absolute Gasteiger partial charge is 0.381 e. The Balaban J connectivity index is 1.41. The van der Waals surface area contributed by atoms with Crippen LogP contribution >= 0.6 is 23.1 Å². The van der Waals surface area contributed by atoms with Crippen LogP contribution in [0, 0.1) is 5.92 Å². The number of thiazole rings is 1. The van der Waals surface area contributed by atoms with Gasteiger partial charge in [-0.2, -0.15) is 0 Å². The number of thioether (sulfide) groups is 1. The van der Waals surface area contributed by atoms with Gasteiger partial charge in [-0.25, -0.2) is 4.98 Å². The van der Waals surface area contributed by atoms with Gasteiger partial charge in [0.1, 0.15) is 0 Å².